The molecule has 0 spiro atoms. The molecule has 1 aromatic carbocycles. The Bertz CT molecular complexity index is 730. The molecule has 0 saturated carbocycles. The van der Waals surface area contributed by atoms with Gasteiger partial charge in [0.15, 0.2) is 0 Å². The van der Waals surface area contributed by atoms with Crippen molar-refractivity contribution in [1.29, 1.82) is 0 Å². The Balaban J connectivity index is 1.83. The minimum Gasteiger partial charge on any atom is -0.493 e. The molecule has 1 N–H and O–H groups in total. The molecule has 7 heteroatoms. The Morgan fingerprint density at radius 1 is 1.23 bits per heavy atom. The highest BCUT2D eigenvalue weighted by atomic mass is 32.1. The minimum absolute atomic E-state index is 0.0713. The zero-order valence-corrected chi connectivity index (χ0v) is 15.9. The number of amides is 1. The molecular weight excluding hydrogens is 352 g/mol. The lowest BCUT2D eigenvalue weighted by molar-refractivity contribution is -0.140. The fraction of sp³-hybridized carbons (Fsp3) is 0.421. The summed E-state index contributed by atoms with van der Waals surface area (Å²) in [6.07, 6.45) is 2.05. The second-order valence-corrected chi connectivity index (χ2v) is 6.49. The molecule has 2 rings (SSSR count). The van der Waals surface area contributed by atoms with Crippen LogP contribution in [0.2, 0.25) is 0 Å². The van der Waals surface area contributed by atoms with E-state index in [1.54, 1.807) is 0 Å². The van der Waals surface area contributed by atoms with Gasteiger partial charge in [-0.3, -0.25) is 9.59 Å². The monoisotopic (exact) mass is 376 g/mol. The maximum Gasteiger partial charge on any atom is 0.305 e. The Morgan fingerprint density at radius 2 is 2.04 bits per heavy atom. The van der Waals surface area contributed by atoms with Crippen molar-refractivity contribution in [2.75, 3.05) is 20.3 Å². The Kier molecular flexibility index (Phi) is 8.08. The van der Waals surface area contributed by atoms with Crippen molar-refractivity contribution in [1.82, 2.24) is 10.3 Å². The van der Waals surface area contributed by atoms with Gasteiger partial charge in [0.2, 0.25) is 5.91 Å². The standard InChI is InChI=1S/C19H24N2O4S/c1-3-25-16-9-5-4-8-15(16)19-21-14(13-26-19)12-17(22)20-11-7-6-10-18(23)24-2/h4-5,8-9,13H,3,6-7,10-12H2,1-2H3,(H,20,22). The number of hydrogen-bond donors (Lipinski definition) is 1. The van der Waals surface area contributed by atoms with E-state index in [0.717, 1.165) is 28.4 Å². The maximum atomic E-state index is 12.0. The van der Waals surface area contributed by atoms with Gasteiger partial charge in [-0.2, -0.15) is 0 Å². The Morgan fingerprint density at radius 3 is 2.81 bits per heavy atom. The molecule has 2 aromatic rings. The van der Waals surface area contributed by atoms with Gasteiger partial charge in [-0.05, 0) is 31.9 Å². The molecule has 6 nitrogen and oxygen atoms in total. The van der Waals surface area contributed by atoms with Crippen molar-refractivity contribution in [2.45, 2.75) is 32.6 Å². The largest absolute Gasteiger partial charge is 0.493 e. The minimum atomic E-state index is -0.223. The number of carbonyl (C=O) groups excluding carboxylic acids is 2. The smallest absolute Gasteiger partial charge is 0.305 e. The van der Waals surface area contributed by atoms with Gasteiger partial charge < -0.3 is 14.8 Å². The third-order valence-electron chi connectivity index (χ3n) is 3.67. The van der Waals surface area contributed by atoms with Crippen LogP contribution in [-0.2, 0) is 20.7 Å². The summed E-state index contributed by atoms with van der Waals surface area (Å²) in [6, 6.07) is 7.76. The first-order valence-corrected chi connectivity index (χ1v) is 9.52. The van der Waals surface area contributed by atoms with Crippen LogP contribution in [0.5, 0.6) is 5.75 Å². The van der Waals surface area contributed by atoms with E-state index >= 15 is 0 Å². The van der Waals surface area contributed by atoms with Crippen molar-refractivity contribution in [2.24, 2.45) is 0 Å². The van der Waals surface area contributed by atoms with Crippen LogP contribution in [0.4, 0.5) is 0 Å². The van der Waals surface area contributed by atoms with E-state index in [1.807, 2.05) is 36.6 Å². The molecule has 1 heterocycles. The van der Waals surface area contributed by atoms with Gasteiger partial charge in [0.05, 0.1) is 31.4 Å². The third-order valence-corrected chi connectivity index (χ3v) is 4.59. The van der Waals surface area contributed by atoms with Gasteiger partial charge in [-0.1, -0.05) is 12.1 Å². The highest BCUT2D eigenvalue weighted by Gasteiger charge is 2.12. The molecule has 0 aliphatic heterocycles. The predicted octanol–water partition coefficient (Wildman–Crippen LogP) is 3.21. The summed E-state index contributed by atoms with van der Waals surface area (Å²) in [5.74, 6) is 0.502. The van der Waals surface area contributed by atoms with Crippen LogP contribution in [0.25, 0.3) is 10.6 Å². The average Bonchev–Trinajstić information content (AvgIpc) is 3.10. The molecule has 0 saturated heterocycles. The lowest BCUT2D eigenvalue weighted by atomic mass is 10.2. The number of benzene rings is 1. The topological polar surface area (TPSA) is 77.5 Å². The Labute approximate surface area is 157 Å². The van der Waals surface area contributed by atoms with E-state index in [4.69, 9.17) is 4.74 Å². The average molecular weight is 376 g/mol. The van der Waals surface area contributed by atoms with Crippen molar-refractivity contribution >= 4 is 23.2 Å². The first-order chi connectivity index (χ1) is 12.6. The predicted molar refractivity (Wildman–Crippen MR) is 101 cm³/mol. The number of hydrogen-bond acceptors (Lipinski definition) is 6. The molecule has 0 bridgehead atoms. The number of unbranched alkanes of at least 4 members (excludes halogenated alkanes) is 1. The molecule has 1 amide bonds. The van der Waals surface area contributed by atoms with Gasteiger partial charge in [-0.25, -0.2) is 4.98 Å². The van der Waals surface area contributed by atoms with E-state index in [1.165, 1.54) is 18.4 Å². The van der Waals surface area contributed by atoms with Crippen LogP contribution in [0.3, 0.4) is 0 Å². The van der Waals surface area contributed by atoms with E-state index in [-0.39, 0.29) is 18.3 Å². The zero-order chi connectivity index (χ0) is 18.8. The number of aromatic nitrogens is 1. The lowest BCUT2D eigenvalue weighted by Gasteiger charge is -2.07. The van der Waals surface area contributed by atoms with Crippen LogP contribution in [-0.4, -0.2) is 37.1 Å². The number of thiazole rings is 1. The number of nitrogens with one attached hydrogen (secondary N) is 1. The maximum absolute atomic E-state index is 12.0. The number of rotatable bonds is 10. The second kappa shape index (κ2) is 10.6. The van der Waals surface area contributed by atoms with Crippen LogP contribution in [0.15, 0.2) is 29.6 Å². The summed E-state index contributed by atoms with van der Waals surface area (Å²) < 4.78 is 10.2. The number of nitrogens with zero attached hydrogens (tertiary/aromatic N) is 1. The molecule has 0 aliphatic rings. The van der Waals surface area contributed by atoms with Gasteiger partial charge >= 0.3 is 5.97 Å². The summed E-state index contributed by atoms with van der Waals surface area (Å²) in [5.41, 5.74) is 1.68. The van der Waals surface area contributed by atoms with Crippen LogP contribution in [0, 0.1) is 0 Å². The molecule has 0 radical (unpaired) electrons. The van der Waals surface area contributed by atoms with Crippen molar-refractivity contribution < 1.29 is 19.1 Å². The molecule has 1 aromatic heterocycles. The SMILES string of the molecule is CCOc1ccccc1-c1nc(CC(=O)NCCCCC(=O)OC)cs1. The van der Waals surface area contributed by atoms with E-state index in [2.05, 4.69) is 15.0 Å². The van der Waals surface area contributed by atoms with Crippen LogP contribution >= 0.6 is 11.3 Å². The van der Waals surface area contributed by atoms with Crippen LogP contribution in [0.1, 0.15) is 31.9 Å². The van der Waals surface area contributed by atoms with Crippen molar-refractivity contribution in [3.8, 4) is 16.3 Å². The van der Waals surface area contributed by atoms with Crippen LogP contribution < -0.4 is 10.1 Å². The highest BCUT2D eigenvalue weighted by molar-refractivity contribution is 7.13. The Hall–Kier alpha value is -2.41. The molecular formula is C19H24N2O4S. The van der Waals surface area contributed by atoms with Gasteiger partial charge in [0.1, 0.15) is 10.8 Å². The van der Waals surface area contributed by atoms with Crippen molar-refractivity contribution in [3.05, 3.63) is 35.3 Å². The number of carbonyl (C=O) groups is 2. The summed E-state index contributed by atoms with van der Waals surface area (Å²) in [5, 5.41) is 5.59. The number of para-hydroxylation sites is 1. The van der Waals surface area contributed by atoms with E-state index < -0.39 is 0 Å². The molecule has 0 atom stereocenters. The molecule has 0 aliphatic carbocycles. The quantitative estimate of drug-likeness (QED) is 0.509. The van der Waals surface area contributed by atoms with E-state index in [0.29, 0.717) is 26.0 Å². The van der Waals surface area contributed by atoms with Gasteiger partial charge in [-0.15, -0.1) is 11.3 Å². The van der Waals surface area contributed by atoms with Gasteiger partial charge in [0.25, 0.3) is 0 Å². The number of ether oxygens (including phenoxy) is 2. The third kappa shape index (κ3) is 6.15. The summed E-state index contributed by atoms with van der Waals surface area (Å²) in [4.78, 5) is 27.6. The molecule has 26 heavy (non-hydrogen) atoms. The molecule has 140 valence electrons. The lowest BCUT2D eigenvalue weighted by Crippen LogP contribution is -2.26. The number of methoxy groups -OCH3 is 1. The van der Waals surface area contributed by atoms with Gasteiger partial charge in [0, 0.05) is 18.3 Å². The number of esters is 1. The molecule has 0 unspecified atom stereocenters. The second-order valence-electron chi connectivity index (χ2n) is 5.63. The summed E-state index contributed by atoms with van der Waals surface area (Å²) in [7, 11) is 1.37. The normalized spacial score (nSPS) is 10.4. The fourth-order valence-corrected chi connectivity index (χ4v) is 3.24. The summed E-state index contributed by atoms with van der Waals surface area (Å²) >= 11 is 1.50. The zero-order valence-electron chi connectivity index (χ0n) is 15.1. The highest BCUT2D eigenvalue weighted by Crippen LogP contribution is 2.32. The summed E-state index contributed by atoms with van der Waals surface area (Å²) in [6.45, 7) is 3.08. The first kappa shape index (κ1) is 19.9. The first-order valence-electron chi connectivity index (χ1n) is 8.64. The molecule has 0 fully saturated rings. The van der Waals surface area contributed by atoms with Crippen molar-refractivity contribution in [3.63, 3.8) is 0 Å². The van der Waals surface area contributed by atoms with E-state index in [9.17, 15) is 9.59 Å². The fourth-order valence-electron chi connectivity index (χ4n) is 2.39.